The van der Waals surface area contributed by atoms with Crippen LogP contribution in [0.15, 0.2) is 28.7 Å². The van der Waals surface area contributed by atoms with Gasteiger partial charge in [-0.2, -0.15) is 0 Å². The zero-order valence-corrected chi connectivity index (χ0v) is 13.9. The van der Waals surface area contributed by atoms with Gasteiger partial charge in [0.15, 0.2) is 9.84 Å². The van der Waals surface area contributed by atoms with Crippen LogP contribution in [-0.4, -0.2) is 48.8 Å². The zero-order chi connectivity index (χ0) is 15.2. The van der Waals surface area contributed by atoms with E-state index in [2.05, 4.69) is 20.9 Å². The minimum Gasteiger partial charge on any atom is -0.351 e. The number of benzene rings is 1. The smallest absolute Gasteiger partial charge is 0.270 e. The standard InChI is InChI=1S/C14H15BrN2O3S/c1-17(11-4-5-21(19,20)8-11)14(18)13-7-9-6-10(15)2-3-12(9)16-13/h2-3,6-7,11,16H,4-5,8H2,1H3/t11-/m1/s1. The molecule has 0 aliphatic carbocycles. The van der Waals surface area contributed by atoms with Crippen molar-refractivity contribution in [2.45, 2.75) is 12.5 Å². The third-order valence-electron chi connectivity index (χ3n) is 3.89. The first-order valence-electron chi connectivity index (χ1n) is 6.61. The van der Waals surface area contributed by atoms with E-state index in [9.17, 15) is 13.2 Å². The third-order valence-corrected chi connectivity index (χ3v) is 6.13. The summed E-state index contributed by atoms with van der Waals surface area (Å²) in [5.41, 5.74) is 1.36. The van der Waals surface area contributed by atoms with Crippen molar-refractivity contribution >= 4 is 42.6 Å². The molecule has 1 aromatic carbocycles. The highest BCUT2D eigenvalue weighted by molar-refractivity contribution is 9.10. The summed E-state index contributed by atoms with van der Waals surface area (Å²) in [6, 6.07) is 7.29. The van der Waals surface area contributed by atoms with Gasteiger partial charge in [0, 0.05) is 28.5 Å². The van der Waals surface area contributed by atoms with Crippen LogP contribution in [0, 0.1) is 0 Å². The maximum Gasteiger partial charge on any atom is 0.270 e. The van der Waals surface area contributed by atoms with Crippen LogP contribution in [0.25, 0.3) is 10.9 Å². The Balaban J connectivity index is 1.86. The molecule has 2 heterocycles. The molecule has 1 aliphatic rings. The highest BCUT2D eigenvalue weighted by Gasteiger charge is 2.33. The quantitative estimate of drug-likeness (QED) is 0.880. The molecule has 0 spiro atoms. The van der Waals surface area contributed by atoms with E-state index in [1.54, 1.807) is 13.1 Å². The Labute approximate surface area is 131 Å². The van der Waals surface area contributed by atoms with Crippen LogP contribution >= 0.6 is 15.9 Å². The number of nitrogens with one attached hydrogen (secondary N) is 1. The Morgan fingerprint density at radius 3 is 2.81 bits per heavy atom. The Bertz CT molecular complexity index is 813. The second kappa shape index (κ2) is 5.14. The minimum atomic E-state index is -3.00. The number of H-pyrrole nitrogens is 1. The van der Waals surface area contributed by atoms with E-state index in [-0.39, 0.29) is 23.5 Å². The molecule has 1 fully saturated rings. The fraction of sp³-hybridized carbons (Fsp3) is 0.357. The molecule has 21 heavy (non-hydrogen) atoms. The fourth-order valence-electron chi connectivity index (χ4n) is 2.66. The van der Waals surface area contributed by atoms with Gasteiger partial charge in [-0.05, 0) is 30.7 Å². The third kappa shape index (κ3) is 2.85. The number of rotatable bonds is 2. The van der Waals surface area contributed by atoms with E-state index in [1.807, 2.05) is 18.2 Å². The van der Waals surface area contributed by atoms with Crippen LogP contribution in [0.4, 0.5) is 0 Å². The van der Waals surface area contributed by atoms with Crippen LogP contribution in [0.1, 0.15) is 16.9 Å². The molecule has 0 bridgehead atoms. The molecule has 2 aromatic rings. The number of sulfone groups is 1. The molecule has 7 heteroatoms. The van der Waals surface area contributed by atoms with Crippen LogP contribution < -0.4 is 0 Å². The first-order chi connectivity index (χ1) is 9.85. The van der Waals surface area contributed by atoms with Crippen molar-refractivity contribution in [3.63, 3.8) is 0 Å². The number of carbonyl (C=O) groups excluding carboxylic acids is 1. The van der Waals surface area contributed by atoms with Gasteiger partial charge < -0.3 is 9.88 Å². The second-order valence-electron chi connectivity index (χ2n) is 5.39. The first kappa shape index (κ1) is 14.6. The normalized spacial score (nSPS) is 20.8. The summed E-state index contributed by atoms with van der Waals surface area (Å²) >= 11 is 3.40. The summed E-state index contributed by atoms with van der Waals surface area (Å²) in [6.45, 7) is 0. The van der Waals surface area contributed by atoms with Crippen LogP contribution in [0.2, 0.25) is 0 Å². The van der Waals surface area contributed by atoms with Gasteiger partial charge in [0.2, 0.25) is 0 Å². The Kier molecular flexibility index (Phi) is 3.57. The molecule has 112 valence electrons. The highest BCUT2D eigenvalue weighted by atomic mass is 79.9. The molecule has 0 radical (unpaired) electrons. The molecule has 1 saturated heterocycles. The van der Waals surface area contributed by atoms with Crippen molar-refractivity contribution in [1.82, 2.24) is 9.88 Å². The number of aromatic nitrogens is 1. The lowest BCUT2D eigenvalue weighted by Crippen LogP contribution is -2.37. The van der Waals surface area contributed by atoms with Crippen molar-refractivity contribution in [2.75, 3.05) is 18.6 Å². The fourth-order valence-corrected chi connectivity index (χ4v) is 4.81. The van der Waals surface area contributed by atoms with Gasteiger partial charge in [-0.25, -0.2) is 8.42 Å². The van der Waals surface area contributed by atoms with E-state index in [0.717, 1.165) is 15.4 Å². The van der Waals surface area contributed by atoms with Crippen LogP contribution in [-0.2, 0) is 9.84 Å². The predicted octanol–water partition coefficient (Wildman–Crippen LogP) is 2.19. The molecular formula is C14H15BrN2O3S. The summed E-state index contributed by atoms with van der Waals surface area (Å²) in [4.78, 5) is 17.1. The lowest BCUT2D eigenvalue weighted by molar-refractivity contribution is 0.0743. The van der Waals surface area contributed by atoms with Crippen molar-refractivity contribution in [1.29, 1.82) is 0 Å². The monoisotopic (exact) mass is 370 g/mol. The molecule has 1 amide bonds. The maximum atomic E-state index is 12.5. The number of hydrogen-bond donors (Lipinski definition) is 1. The number of halogens is 1. The van der Waals surface area contributed by atoms with Crippen molar-refractivity contribution in [3.05, 3.63) is 34.4 Å². The van der Waals surface area contributed by atoms with Gasteiger partial charge in [0.25, 0.3) is 5.91 Å². The summed E-state index contributed by atoms with van der Waals surface area (Å²) < 4.78 is 24.0. The van der Waals surface area contributed by atoms with E-state index in [4.69, 9.17) is 0 Å². The van der Waals surface area contributed by atoms with Crippen molar-refractivity contribution in [3.8, 4) is 0 Å². The van der Waals surface area contributed by atoms with Gasteiger partial charge in [-0.1, -0.05) is 15.9 Å². The SMILES string of the molecule is CN(C(=O)c1cc2cc(Br)ccc2[nH]1)[C@@H]1CCS(=O)(=O)C1. The van der Waals surface area contributed by atoms with Gasteiger partial charge in [0.1, 0.15) is 5.69 Å². The second-order valence-corrected chi connectivity index (χ2v) is 8.53. The van der Waals surface area contributed by atoms with Gasteiger partial charge in [0.05, 0.1) is 11.5 Å². The number of amides is 1. The van der Waals surface area contributed by atoms with Crippen LogP contribution in [0.3, 0.4) is 0 Å². The maximum absolute atomic E-state index is 12.5. The summed E-state index contributed by atoms with van der Waals surface area (Å²) in [6.07, 6.45) is 0.510. The Morgan fingerprint density at radius 1 is 1.38 bits per heavy atom. The van der Waals surface area contributed by atoms with E-state index < -0.39 is 9.84 Å². The molecule has 3 rings (SSSR count). The topological polar surface area (TPSA) is 70.2 Å². The van der Waals surface area contributed by atoms with Gasteiger partial charge in [-0.3, -0.25) is 4.79 Å². The largest absolute Gasteiger partial charge is 0.351 e. The average Bonchev–Trinajstić information content (AvgIpc) is 2.99. The molecule has 1 N–H and O–H groups in total. The highest BCUT2D eigenvalue weighted by Crippen LogP contribution is 2.23. The van der Waals surface area contributed by atoms with E-state index in [1.165, 1.54) is 4.90 Å². The number of aromatic amines is 1. The number of fused-ring (bicyclic) bond motifs is 1. The van der Waals surface area contributed by atoms with Gasteiger partial charge >= 0.3 is 0 Å². The first-order valence-corrected chi connectivity index (χ1v) is 9.23. The molecule has 0 saturated carbocycles. The molecule has 1 aromatic heterocycles. The summed E-state index contributed by atoms with van der Waals surface area (Å²) in [5, 5.41) is 0.945. The Hall–Kier alpha value is -1.34. The minimum absolute atomic E-state index is 0.0566. The molecule has 0 unspecified atom stereocenters. The lowest BCUT2D eigenvalue weighted by Gasteiger charge is -2.22. The molecule has 1 atom stereocenters. The number of nitrogens with zero attached hydrogens (tertiary/aromatic N) is 1. The lowest BCUT2D eigenvalue weighted by atomic mass is 10.2. The Morgan fingerprint density at radius 2 is 2.14 bits per heavy atom. The zero-order valence-electron chi connectivity index (χ0n) is 11.5. The molecular weight excluding hydrogens is 356 g/mol. The molecule has 5 nitrogen and oxygen atoms in total. The molecule has 1 aliphatic heterocycles. The van der Waals surface area contributed by atoms with E-state index in [0.29, 0.717) is 12.1 Å². The number of carbonyl (C=O) groups is 1. The van der Waals surface area contributed by atoms with Crippen molar-refractivity contribution in [2.24, 2.45) is 0 Å². The van der Waals surface area contributed by atoms with E-state index >= 15 is 0 Å². The summed E-state index contributed by atoms with van der Waals surface area (Å²) in [7, 11) is -1.33. The van der Waals surface area contributed by atoms with Crippen molar-refractivity contribution < 1.29 is 13.2 Å². The average molecular weight is 371 g/mol. The van der Waals surface area contributed by atoms with Gasteiger partial charge in [-0.15, -0.1) is 0 Å². The predicted molar refractivity (Wildman–Crippen MR) is 85.2 cm³/mol. The van der Waals surface area contributed by atoms with Crippen LogP contribution in [0.5, 0.6) is 0 Å². The summed E-state index contributed by atoms with van der Waals surface area (Å²) in [5.74, 6) is 0.0417. The number of hydrogen-bond acceptors (Lipinski definition) is 3.